The lowest BCUT2D eigenvalue weighted by molar-refractivity contribution is 0.0300. The van der Waals surface area contributed by atoms with Gasteiger partial charge >= 0.3 is 7.12 Å². The number of hydrogen-bond donors (Lipinski definition) is 2. The molecule has 0 spiro atoms. The molecule has 0 atom stereocenters. The zero-order chi connectivity index (χ0) is 14.4. The Morgan fingerprint density at radius 1 is 1.15 bits per heavy atom. The van der Waals surface area contributed by atoms with Gasteiger partial charge in [0, 0.05) is 5.56 Å². The summed E-state index contributed by atoms with van der Waals surface area (Å²) < 4.78 is 11.3. The fourth-order valence-electron chi connectivity index (χ4n) is 2.69. The van der Waals surface area contributed by atoms with E-state index in [2.05, 4.69) is 0 Å². The van der Waals surface area contributed by atoms with Crippen LogP contribution in [0.15, 0.2) is 18.2 Å². The predicted octanol–water partition coefficient (Wildman–Crippen LogP) is 1.61. The molecule has 0 aliphatic heterocycles. The lowest BCUT2D eigenvalue weighted by Crippen LogP contribution is -2.30. The molecule has 0 heterocycles. The number of benzene rings is 1. The molecule has 4 nitrogen and oxygen atoms in total. The highest BCUT2D eigenvalue weighted by Gasteiger charge is 2.16. The summed E-state index contributed by atoms with van der Waals surface area (Å²) in [6, 6.07) is 5.14. The van der Waals surface area contributed by atoms with Crippen LogP contribution in [0.1, 0.15) is 44.1 Å². The maximum Gasteiger partial charge on any atom is 0.488 e. The summed E-state index contributed by atoms with van der Waals surface area (Å²) in [7, 11) is 0.150. The van der Waals surface area contributed by atoms with Crippen LogP contribution >= 0.6 is 0 Å². The molecule has 1 saturated carbocycles. The van der Waals surface area contributed by atoms with Gasteiger partial charge in [0.15, 0.2) is 0 Å². The monoisotopic (exact) mass is 278 g/mol. The molecule has 1 aliphatic rings. The van der Waals surface area contributed by atoms with E-state index >= 15 is 0 Å². The second kappa shape index (κ2) is 7.67. The average Bonchev–Trinajstić information content (AvgIpc) is 2.73. The fourth-order valence-corrected chi connectivity index (χ4v) is 2.69. The second-order valence-corrected chi connectivity index (χ2v) is 5.37. The quantitative estimate of drug-likeness (QED) is 0.634. The van der Waals surface area contributed by atoms with Crippen LogP contribution in [0.4, 0.5) is 0 Å². The molecule has 1 aliphatic carbocycles. The van der Waals surface area contributed by atoms with Crippen LogP contribution in [0.2, 0.25) is 0 Å². The van der Waals surface area contributed by atoms with E-state index in [-0.39, 0.29) is 0 Å². The molecule has 0 unspecified atom stereocenters. The van der Waals surface area contributed by atoms with Gasteiger partial charge in [-0.2, -0.15) is 0 Å². The minimum Gasteiger partial charge on any atom is -0.496 e. The molecule has 1 aromatic rings. The molecular weight excluding hydrogens is 255 g/mol. The van der Waals surface area contributed by atoms with Gasteiger partial charge < -0.3 is 19.5 Å². The first-order valence-corrected chi connectivity index (χ1v) is 7.35. The third-order valence-electron chi connectivity index (χ3n) is 3.88. The molecule has 5 heteroatoms. The van der Waals surface area contributed by atoms with Crippen LogP contribution in [0, 0.1) is 0 Å². The van der Waals surface area contributed by atoms with Crippen molar-refractivity contribution in [2.45, 2.75) is 51.2 Å². The van der Waals surface area contributed by atoms with Crippen LogP contribution in [0.3, 0.4) is 0 Å². The van der Waals surface area contributed by atoms with E-state index in [9.17, 15) is 10.0 Å². The van der Waals surface area contributed by atoms with Crippen molar-refractivity contribution >= 4 is 12.6 Å². The largest absolute Gasteiger partial charge is 0.496 e. The normalized spacial score (nSPS) is 16.8. The third-order valence-corrected chi connectivity index (χ3v) is 3.88. The highest BCUT2D eigenvalue weighted by Crippen LogP contribution is 2.23. The minimum atomic E-state index is -1.46. The van der Waals surface area contributed by atoms with Crippen LogP contribution in [0.25, 0.3) is 0 Å². The van der Waals surface area contributed by atoms with Gasteiger partial charge in [0.1, 0.15) is 5.75 Å². The van der Waals surface area contributed by atoms with Crippen molar-refractivity contribution in [3.63, 3.8) is 0 Å². The van der Waals surface area contributed by atoms with E-state index in [1.165, 1.54) is 25.7 Å². The molecule has 2 N–H and O–H groups in total. The van der Waals surface area contributed by atoms with E-state index in [4.69, 9.17) is 9.47 Å². The molecule has 1 fully saturated rings. The lowest BCUT2D eigenvalue weighted by Gasteiger charge is -2.17. The molecule has 0 radical (unpaired) electrons. The first kappa shape index (κ1) is 15.4. The lowest BCUT2D eigenvalue weighted by atomic mass is 9.79. The van der Waals surface area contributed by atoms with E-state index in [1.54, 1.807) is 25.3 Å². The van der Waals surface area contributed by atoms with Crippen molar-refractivity contribution in [2.24, 2.45) is 0 Å². The fraction of sp³-hybridized carbons (Fsp3) is 0.600. The molecule has 0 aromatic heterocycles. The number of methoxy groups -OCH3 is 1. The third kappa shape index (κ3) is 4.23. The first-order valence-electron chi connectivity index (χ1n) is 7.35. The minimum absolute atomic E-state index is 0.310. The summed E-state index contributed by atoms with van der Waals surface area (Å²) in [5.74, 6) is 0.725. The molecule has 0 bridgehead atoms. The van der Waals surface area contributed by atoms with Crippen molar-refractivity contribution < 1.29 is 19.5 Å². The average molecular weight is 278 g/mol. The van der Waals surface area contributed by atoms with E-state index in [1.807, 2.05) is 0 Å². The molecule has 0 saturated heterocycles. The predicted molar refractivity (Wildman–Crippen MR) is 79.1 cm³/mol. The first-order chi connectivity index (χ1) is 9.70. The van der Waals surface area contributed by atoms with Gasteiger partial charge in [-0.3, -0.25) is 0 Å². The summed E-state index contributed by atoms with van der Waals surface area (Å²) in [6.07, 6.45) is 7.61. The van der Waals surface area contributed by atoms with Crippen LogP contribution in [-0.2, 0) is 11.3 Å². The summed E-state index contributed by atoms with van der Waals surface area (Å²) in [4.78, 5) is 0. The SMILES string of the molecule is COc1ccc(B(O)O)cc1COC1CCCCCC1. The number of rotatable bonds is 5. The van der Waals surface area contributed by atoms with Gasteiger partial charge in [-0.05, 0) is 24.4 Å². The molecule has 20 heavy (non-hydrogen) atoms. The van der Waals surface area contributed by atoms with E-state index in [0.717, 1.165) is 24.2 Å². The van der Waals surface area contributed by atoms with E-state index < -0.39 is 7.12 Å². The van der Waals surface area contributed by atoms with Gasteiger partial charge in [-0.25, -0.2) is 0 Å². The Balaban J connectivity index is 2.01. The summed E-state index contributed by atoms with van der Waals surface area (Å²) in [5.41, 5.74) is 1.33. The smallest absolute Gasteiger partial charge is 0.488 e. The summed E-state index contributed by atoms with van der Waals surface area (Å²) in [5, 5.41) is 18.5. The molecule has 1 aromatic carbocycles. The van der Waals surface area contributed by atoms with Gasteiger partial charge in [0.2, 0.25) is 0 Å². The Morgan fingerprint density at radius 2 is 1.85 bits per heavy atom. The Morgan fingerprint density at radius 3 is 2.45 bits per heavy atom. The van der Waals surface area contributed by atoms with E-state index in [0.29, 0.717) is 18.2 Å². The Labute approximate surface area is 120 Å². The van der Waals surface area contributed by atoms with Crippen LogP contribution in [-0.4, -0.2) is 30.4 Å². The standard InChI is InChI=1S/C15H23BO4/c1-19-15-9-8-13(16(17)18)10-12(15)11-20-14-6-4-2-3-5-7-14/h8-10,14,17-18H,2-7,11H2,1H3. The van der Waals surface area contributed by atoms with Gasteiger partial charge in [0.05, 0.1) is 19.8 Å². The summed E-state index contributed by atoms with van der Waals surface area (Å²) >= 11 is 0. The van der Waals surface area contributed by atoms with Crippen molar-refractivity contribution in [1.82, 2.24) is 0 Å². The molecular formula is C15H23BO4. The Hall–Kier alpha value is -1.04. The van der Waals surface area contributed by atoms with Crippen molar-refractivity contribution in [1.29, 1.82) is 0 Å². The second-order valence-electron chi connectivity index (χ2n) is 5.37. The summed E-state index contributed by atoms with van der Waals surface area (Å²) in [6.45, 7) is 0.453. The number of hydrogen-bond acceptors (Lipinski definition) is 4. The topological polar surface area (TPSA) is 58.9 Å². The van der Waals surface area contributed by atoms with Crippen molar-refractivity contribution in [3.05, 3.63) is 23.8 Å². The maximum atomic E-state index is 9.24. The zero-order valence-corrected chi connectivity index (χ0v) is 12.0. The Kier molecular flexibility index (Phi) is 5.89. The molecule has 110 valence electrons. The zero-order valence-electron chi connectivity index (χ0n) is 12.0. The highest BCUT2D eigenvalue weighted by atomic mass is 16.5. The van der Waals surface area contributed by atoms with Gasteiger partial charge in [-0.15, -0.1) is 0 Å². The van der Waals surface area contributed by atoms with Crippen LogP contribution < -0.4 is 10.2 Å². The van der Waals surface area contributed by atoms with Crippen LogP contribution in [0.5, 0.6) is 5.75 Å². The molecule has 2 rings (SSSR count). The van der Waals surface area contributed by atoms with Gasteiger partial charge in [-0.1, -0.05) is 37.8 Å². The van der Waals surface area contributed by atoms with Crippen molar-refractivity contribution in [2.75, 3.05) is 7.11 Å². The maximum absolute atomic E-state index is 9.24. The highest BCUT2D eigenvalue weighted by molar-refractivity contribution is 6.58. The number of ether oxygens (including phenoxy) is 2. The molecule has 0 amide bonds. The van der Waals surface area contributed by atoms with Gasteiger partial charge in [0.25, 0.3) is 0 Å². The Bertz CT molecular complexity index is 414. The van der Waals surface area contributed by atoms with Crippen molar-refractivity contribution in [3.8, 4) is 5.75 Å².